The molecule has 0 rings (SSSR count). The largest absolute Gasteiger partial charge is 0.481 e. The zero-order valence-electron chi connectivity index (χ0n) is 12.7. The van der Waals surface area contributed by atoms with Crippen molar-refractivity contribution in [2.24, 2.45) is 10.8 Å². The number of aliphatic carboxylic acids is 2. The first-order valence-electron chi connectivity index (χ1n) is 7.18. The third kappa shape index (κ3) is 5.21. The van der Waals surface area contributed by atoms with Crippen molar-refractivity contribution in [2.45, 2.75) is 72.6 Å². The van der Waals surface area contributed by atoms with Crippen molar-refractivity contribution in [1.82, 2.24) is 0 Å². The fourth-order valence-electron chi connectivity index (χ4n) is 2.08. The average molecular weight is 272 g/mol. The molecule has 0 aromatic rings. The first-order chi connectivity index (χ1) is 8.72. The van der Waals surface area contributed by atoms with E-state index in [1.54, 1.807) is 13.8 Å². The molecule has 4 nitrogen and oxygen atoms in total. The Kier molecular flexibility index (Phi) is 7.09. The quantitative estimate of drug-likeness (QED) is 0.591. The zero-order chi connectivity index (χ0) is 15.1. The normalized spacial score (nSPS) is 17.5. The van der Waals surface area contributed by atoms with Crippen molar-refractivity contribution >= 4 is 11.9 Å². The summed E-state index contributed by atoms with van der Waals surface area (Å²) in [7, 11) is 0. The minimum Gasteiger partial charge on any atom is -0.481 e. The molecule has 0 aliphatic carbocycles. The Morgan fingerprint density at radius 2 is 1.11 bits per heavy atom. The van der Waals surface area contributed by atoms with Gasteiger partial charge in [0.2, 0.25) is 0 Å². The maximum atomic E-state index is 11.1. The van der Waals surface area contributed by atoms with Crippen molar-refractivity contribution < 1.29 is 19.8 Å². The Bertz CT molecular complexity index is 283. The monoisotopic (exact) mass is 272 g/mol. The Morgan fingerprint density at radius 3 is 1.32 bits per heavy atom. The van der Waals surface area contributed by atoms with Crippen LogP contribution in [0.1, 0.15) is 72.6 Å². The van der Waals surface area contributed by atoms with E-state index in [4.69, 9.17) is 10.2 Å². The van der Waals surface area contributed by atoms with E-state index in [0.717, 1.165) is 19.3 Å². The lowest BCUT2D eigenvalue weighted by Crippen LogP contribution is -2.27. The first kappa shape index (κ1) is 17.9. The topological polar surface area (TPSA) is 74.6 Å². The Hall–Kier alpha value is -1.06. The molecule has 2 unspecified atom stereocenters. The minimum absolute atomic E-state index is 0.629. The van der Waals surface area contributed by atoms with E-state index in [1.165, 1.54) is 0 Å². The lowest BCUT2D eigenvalue weighted by atomic mass is 9.80. The molecule has 0 radical (unpaired) electrons. The van der Waals surface area contributed by atoms with Gasteiger partial charge >= 0.3 is 11.9 Å². The second-order valence-corrected chi connectivity index (χ2v) is 6.00. The van der Waals surface area contributed by atoms with Crippen LogP contribution in [0.5, 0.6) is 0 Å². The van der Waals surface area contributed by atoms with Crippen LogP contribution in [0.4, 0.5) is 0 Å². The van der Waals surface area contributed by atoms with Crippen molar-refractivity contribution in [2.75, 3.05) is 0 Å². The molecule has 0 amide bonds. The molecule has 0 heterocycles. The van der Waals surface area contributed by atoms with Crippen LogP contribution < -0.4 is 0 Å². The third-order valence-electron chi connectivity index (χ3n) is 4.55. The van der Waals surface area contributed by atoms with Gasteiger partial charge in [-0.15, -0.1) is 0 Å². The van der Waals surface area contributed by atoms with E-state index in [-0.39, 0.29) is 0 Å². The summed E-state index contributed by atoms with van der Waals surface area (Å²) in [6.07, 6.45) is 5.16. The predicted octanol–water partition coefficient (Wildman–Crippen LogP) is 3.94. The zero-order valence-corrected chi connectivity index (χ0v) is 12.7. The second-order valence-electron chi connectivity index (χ2n) is 6.00. The van der Waals surface area contributed by atoms with E-state index in [1.807, 2.05) is 13.8 Å². The van der Waals surface area contributed by atoms with Crippen molar-refractivity contribution in [3.63, 3.8) is 0 Å². The molecule has 0 aliphatic rings. The van der Waals surface area contributed by atoms with Gasteiger partial charge in [0.05, 0.1) is 10.8 Å². The molecule has 0 saturated carbocycles. The Morgan fingerprint density at radius 1 is 0.789 bits per heavy atom. The number of hydrogen-bond acceptors (Lipinski definition) is 2. The summed E-state index contributed by atoms with van der Waals surface area (Å²) in [6, 6.07) is 0. The van der Waals surface area contributed by atoms with Crippen LogP contribution in [0, 0.1) is 10.8 Å². The molecule has 0 fully saturated rings. The summed E-state index contributed by atoms with van der Waals surface area (Å²) < 4.78 is 0. The fourth-order valence-corrected chi connectivity index (χ4v) is 2.08. The molecule has 2 atom stereocenters. The average Bonchev–Trinajstić information content (AvgIpc) is 2.37. The van der Waals surface area contributed by atoms with E-state index >= 15 is 0 Å². The SMILES string of the molecule is CCC(C)(CCCCCC(C)(CC)C(=O)O)C(=O)O. The van der Waals surface area contributed by atoms with Crippen molar-refractivity contribution in [3.05, 3.63) is 0 Å². The molecule has 19 heavy (non-hydrogen) atoms. The highest BCUT2D eigenvalue weighted by atomic mass is 16.4. The molecule has 4 heteroatoms. The molecule has 0 saturated heterocycles. The number of carbonyl (C=O) groups is 2. The Labute approximate surface area is 116 Å². The van der Waals surface area contributed by atoms with E-state index in [0.29, 0.717) is 25.7 Å². The lowest BCUT2D eigenvalue weighted by molar-refractivity contribution is -0.149. The first-order valence-corrected chi connectivity index (χ1v) is 7.18. The molecular formula is C15H28O4. The van der Waals surface area contributed by atoms with Gasteiger partial charge in [0.15, 0.2) is 0 Å². The van der Waals surface area contributed by atoms with Gasteiger partial charge < -0.3 is 10.2 Å². The maximum Gasteiger partial charge on any atom is 0.309 e. The summed E-state index contributed by atoms with van der Waals surface area (Å²) in [4.78, 5) is 22.3. The molecule has 2 N–H and O–H groups in total. The van der Waals surface area contributed by atoms with E-state index < -0.39 is 22.8 Å². The van der Waals surface area contributed by atoms with Crippen molar-refractivity contribution in [3.8, 4) is 0 Å². The summed E-state index contributed by atoms with van der Waals surface area (Å²) in [5.41, 5.74) is -1.28. The van der Waals surface area contributed by atoms with Crippen molar-refractivity contribution in [1.29, 1.82) is 0 Å². The third-order valence-corrected chi connectivity index (χ3v) is 4.55. The van der Waals surface area contributed by atoms with Crippen LogP contribution in [0.3, 0.4) is 0 Å². The van der Waals surface area contributed by atoms with Crippen LogP contribution in [0.15, 0.2) is 0 Å². The van der Waals surface area contributed by atoms with Gasteiger partial charge in [-0.2, -0.15) is 0 Å². The summed E-state index contributed by atoms with van der Waals surface area (Å²) >= 11 is 0. The number of hydrogen-bond donors (Lipinski definition) is 2. The molecule has 0 bridgehead atoms. The molecule has 0 spiro atoms. The summed E-state index contributed by atoms with van der Waals surface area (Å²) in [6.45, 7) is 7.35. The van der Waals surface area contributed by atoms with Crippen LogP contribution in [-0.2, 0) is 9.59 Å². The molecular weight excluding hydrogens is 244 g/mol. The van der Waals surface area contributed by atoms with Gasteiger partial charge in [0, 0.05) is 0 Å². The molecule has 0 aromatic carbocycles. The predicted molar refractivity (Wildman–Crippen MR) is 75.2 cm³/mol. The molecule has 0 aromatic heterocycles. The van der Waals surface area contributed by atoms with Gasteiger partial charge in [-0.3, -0.25) is 9.59 Å². The van der Waals surface area contributed by atoms with Crippen LogP contribution >= 0.6 is 0 Å². The smallest absolute Gasteiger partial charge is 0.309 e. The highest BCUT2D eigenvalue weighted by Crippen LogP contribution is 2.31. The summed E-state index contributed by atoms with van der Waals surface area (Å²) in [5, 5.41) is 18.3. The highest BCUT2D eigenvalue weighted by molar-refractivity contribution is 5.74. The number of carboxylic acids is 2. The Balaban J connectivity index is 4.06. The second kappa shape index (κ2) is 7.51. The van der Waals surface area contributed by atoms with Gasteiger partial charge in [-0.05, 0) is 39.5 Å². The number of unbranched alkanes of at least 4 members (excludes halogenated alkanes) is 2. The summed E-state index contributed by atoms with van der Waals surface area (Å²) in [5.74, 6) is -1.47. The molecule has 112 valence electrons. The lowest BCUT2D eigenvalue weighted by Gasteiger charge is -2.24. The maximum absolute atomic E-state index is 11.1. The van der Waals surface area contributed by atoms with E-state index in [9.17, 15) is 9.59 Å². The molecule has 0 aliphatic heterocycles. The van der Waals surface area contributed by atoms with Crippen LogP contribution in [0.25, 0.3) is 0 Å². The van der Waals surface area contributed by atoms with E-state index in [2.05, 4.69) is 0 Å². The fraction of sp³-hybridized carbons (Fsp3) is 0.867. The standard InChI is InChI=1S/C15H28O4/c1-5-14(3,12(16)17)10-8-7-9-11-15(4,6-2)13(18)19/h5-11H2,1-4H3,(H,16,17)(H,18,19). The van der Waals surface area contributed by atoms with Crippen LogP contribution in [0.2, 0.25) is 0 Å². The number of rotatable bonds is 10. The van der Waals surface area contributed by atoms with Crippen LogP contribution in [-0.4, -0.2) is 22.2 Å². The number of carboxylic acid groups (broad SMARTS) is 2. The van der Waals surface area contributed by atoms with Gasteiger partial charge in [0.25, 0.3) is 0 Å². The van der Waals surface area contributed by atoms with Gasteiger partial charge in [0.1, 0.15) is 0 Å². The highest BCUT2D eigenvalue weighted by Gasteiger charge is 2.31. The minimum atomic E-state index is -0.737. The van der Waals surface area contributed by atoms with Gasteiger partial charge in [-0.25, -0.2) is 0 Å². The van der Waals surface area contributed by atoms with Gasteiger partial charge in [-0.1, -0.05) is 33.1 Å².